The number of carbonyl (C=O) groups excluding carboxylic acids is 1. The molecule has 192 valence electrons. The van der Waals surface area contributed by atoms with Crippen molar-refractivity contribution in [2.45, 2.75) is 13.5 Å². The number of methoxy groups -OCH3 is 1. The zero-order valence-corrected chi connectivity index (χ0v) is 21.9. The molecule has 0 atom stereocenters. The molecular formula is C27H23N5O5S. The number of thiazole rings is 1. The van der Waals surface area contributed by atoms with Crippen LogP contribution in [0, 0.1) is 6.92 Å². The van der Waals surface area contributed by atoms with Crippen LogP contribution < -0.4 is 9.47 Å². The number of fused-ring (bicyclic) bond motifs is 2. The zero-order valence-electron chi connectivity index (χ0n) is 21.1. The van der Waals surface area contributed by atoms with Crippen LogP contribution in [0.5, 0.6) is 11.5 Å². The van der Waals surface area contributed by atoms with Crippen molar-refractivity contribution in [3.05, 3.63) is 71.2 Å². The number of aromatic nitrogens is 4. The van der Waals surface area contributed by atoms with Crippen molar-refractivity contribution in [2.75, 3.05) is 21.2 Å². The minimum atomic E-state index is -0.0364. The average molecular weight is 530 g/mol. The maximum absolute atomic E-state index is 12.1. The smallest absolute Gasteiger partial charge is 0.325 e. The summed E-state index contributed by atoms with van der Waals surface area (Å²) in [7, 11) is 5.06. The van der Waals surface area contributed by atoms with Gasteiger partial charge in [-0.1, -0.05) is 12.1 Å². The molecular weight excluding hydrogens is 506 g/mol. The molecule has 0 N–H and O–H groups in total. The summed E-state index contributed by atoms with van der Waals surface area (Å²) in [5.41, 5.74) is 3.56. The number of aryl methyl sites for hydroxylation is 1. The minimum absolute atomic E-state index is 0.0364. The summed E-state index contributed by atoms with van der Waals surface area (Å²) in [4.78, 5) is 22.9. The fourth-order valence-corrected chi connectivity index (χ4v) is 4.85. The highest BCUT2D eigenvalue weighted by Crippen LogP contribution is 2.37. The summed E-state index contributed by atoms with van der Waals surface area (Å²) < 4.78 is 24.8. The quantitative estimate of drug-likeness (QED) is 0.268. The van der Waals surface area contributed by atoms with E-state index in [9.17, 15) is 4.79 Å². The first-order valence-corrected chi connectivity index (χ1v) is 12.6. The highest BCUT2D eigenvalue weighted by atomic mass is 32.1. The number of amides is 1. The van der Waals surface area contributed by atoms with Gasteiger partial charge in [-0.15, -0.1) is 16.4 Å². The van der Waals surface area contributed by atoms with Gasteiger partial charge in [0.2, 0.25) is 5.89 Å². The van der Waals surface area contributed by atoms with Gasteiger partial charge in [0.15, 0.2) is 5.76 Å². The van der Waals surface area contributed by atoms with E-state index < -0.39 is 0 Å². The predicted octanol–water partition coefficient (Wildman–Crippen LogP) is 5.46. The zero-order chi connectivity index (χ0) is 26.4. The van der Waals surface area contributed by atoms with E-state index >= 15 is 0 Å². The predicted molar refractivity (Wildman–Crippen MR) is 142 cm³/mol. The van der Waals surface area contributed by atoms with Crippen molar-refractivity contribution >= 4 is 34.1 Å². The summed E-state index contributed by atoms with van der Waals surface area (Å²) in [6, 6.07) is 12.9. The van der Waals surface area contributed by atoms with Crippen LogP contribution in [-0.2, 0) is 6.61 Å². The summed E-state index contributed by atoms with van der Waals surface area (Å²) in [5.74, 6) is 2.66. The van der Waals surface area contributed by atoms with Gasteiger partial charge in [-0.25, -0.2) is 4.98 Å². The monoisotopic (exact) mass is 529 g/mol. The van der Waals surface area contributed by atoms with Crippen molar-refractivity contribution in [2.24, 2.45) is 0 Å². The van der Waals surface area contributed by atoms with Crippen LogP contribution in [0.4, 0.5) is 0 Å². The van der Waals surface area contributed by atoms with Gasteiger partial charge in [0.1, 0.15) is 34.4 Å². The molecule has 6 rings (SSSR count). The maximum Gasteiger partial charge on any atom is 0.325 e. The standard InChI is InChI=1S/C27H23N5O5S/c1-15-30-32-12-21(29-27(32)36-15)24-11-20-22(9-19(34-4)10-23(20)37-24)35-13-18-14-38-25(28-18)16-5-7-17(8-6-16)26(33)31(2)3/h5-12,14H,13H2,1-4H3. The SMILES string of the molecule is COc1cc(OCc2csc(-c3ccc(C(=O)N(C)C)cc3)n2)c2cc(-c3cn4nc(C)oc4n3)oc2c1. The number of nitrogens with zero attached hydrogens (tertiary/aromatic N) is 5. The van der Waals surface area contributed by atoms with Crippen molar-refractivity contribution in [3.63, 3.8) is 0 Å². The molecule has 0 unspecified atom stereocenters. The molecule has 0 fully saturated rings. The van der Waals surface area contributed by atoms with E-state index in [0.717, 1.165) is 21.7 Å². The average Bonchev–Trinajstić information content (AvgIpc) is 3.69. The molecule has 1 amide bonds. The highest BCUT2D eigenvalue weighted by Gasteiger charge is 2.18. The third-order valence-corrected chi connectivity index (χ3v) is 6.86. The van der Waals surface area contributed by atoms with Gasteiger partial charge in [0, 0.05) is 49.7 Å². The van der Waals surface area contributed by atoms with Crippen molar-refractivity contribution < 1.29 is 23.1 Å². The van der Waals surface area contributed by atoms with Crippen molar-refractivity contribution in [1.29, 1.82) is 0 Å². The number of carbonyl (C=O) groups is 1. The molecule has 0 aliphatic heterocycles. The Morgan fingerprint density at radius 2 is 1.92 bits per heavy atom. The third kappa shape index (κ3) is 4.37. The number of hydrogen-bond acceptors (Lipinski definition) is 9. The van der Waals surface area contributed by atoms with E-state index in [-0.39, 0.29) is 12.5 Å². The number of furan rings is 1. The molecule has 0 radical (unpaired) electrons. The number of hydrogen-bond donors (Lipinski definition) is 0. The summed E-state index contributed by atoms with van der Waals surface area (Å²) >= 11 is 1.52. The number of imidazole rings is 1. The Morgan fingerprint density at radius 3 is 2.66 bits per heavy atom. The first kappa shape index (κ1) is 23.7. The van der Waals surface area contributed by atoms with Gasteiger partial charge in [-0.3, -0.25) is 4.79 Å². The van der Waals surface area contributed by atoms with E-state index in [4.69, 9.17) is 23.3 Å². The van der Waals surface area contributed by atoms with Gasteiger partial charge < -0.3 is 23.2 Å². The van der Waals surface area contributed by atoms with Gasteiger partial charge in [-0.05, 0) is 18.2 Å². The summed E-state index contributed by atoms with van der Waals surface area (Å²) in [6.45, 7) is 2.03. The Hall–Kier alpha value is -4.64. The minimum Gasteiger partial charge on any atom is -0.496 e. The van der Waals surface area contributed by atoms with E-state index in [0.29, 0.717) is 45.8 Å². The lowest BCUT2D eigenvalue weighted by Crippen LogP contribution is -2.21. The molecule has 2 aromatic carbocycles. The van der Waals surface area contributed by atoms with Gasteiger partial charge >= 0.3 is 5.84 Å². The molecule has 0 aliphatic rings. The Morgan fingerprint density at radius 1 is 1.11 bits per heavy atom. The molecule has 0 saturated carbocycles. The molecule has 0 bridgehead atoms. The molecule has 10 nitrogen and oxygen atoms in total. The van der Waals surface area contributed by atoms with Crippen LogP contribution in [0.3, 0.4) is 0 Å². The number of ether oxygens (including phenoxy) is 2. The van der Waals surface area contributed by atoms with Gasteiger partial charge in [0.25, 0.3) is 5.91 Å². The third-order valence-electron chi connectivity index (χ3n) is 5.92. The second-order valence-corrected chi connectivity index (χ2v) is 9.69. The molecule has 4 heterocycles. The highest BCUT2D eigenvalue weighted by molar-refractivity contribution is 7.13. The van der Waals surface area contributed by atoms with E-state index in [1.807, 2.05) is 41.8 Å². The van der Waals surface area contributed by atoms with Crippen LogP contribution in [0.15, 0.2) is 62.9 Å². The second-order valence-electron chi connectivity index (χ2n) is 8.83. The lowest BCUT2D eigenvalue weighted by molar-refractivity contribution is 0.0827. The van der Waals surface area contributed by atoms with E-state index in [2.05, 4.69) is 10.1 Å². The van der Waals surface area contributed by atoms with Crippen LogP contribution in [0.25, 0.3) is 38.8 Å². The van der Waals surface area contributed by atoms with Crippen LogP contribution in [0.2, 0.25) is 0 Å². The molecule has 0 spiro atoms. The molecule has 0 aliphatic carbocycles. The fraction of sp³-hybridized carbons (Fsp3) is 0.185. The maximum atomic E-state index is 12.1. The molecule has 4 aromatic heterocycles. The Labute approximate surface area is 221 Å². The Kier molecular flexibility index (Phi) is 5.84. The topological polar surface area (TPSA) is 108 Å². The first-order chi connectivity index (χ1) is 18.4. The van der Waals surface area contributed by atoms with Gasteiger partial charge in [0.05, 0.1) is 24.4 Å². The second kappa shape index (κ2) is 9.34. The fourth-order valence-electron chi connectivity index (χ4n) is 4.04. The molecule has 0 saturated heterocycles. The van der Waals surface area contributed by atoms with Crippen molar-refractivity contribution in [3.8, 4) is 33.5 Å². The first-order valence-electron chi connectivity index (χ1n) is 11.7. The summed E-state index contributed by atoms with van der Waals surface area (Å²) in [5, 5.41) is 7.83. The summed E-state index contributed by atoms with van der Waals surface area (Å²) in [6.07, 6.45) is 1.75. The van der Waals surface area contributed by atoms with Crippen molar-refractivity contribution in [1.82, 2.24) is 24.5 Å². The Bertz CT molecular complexity index is 1750. The van der Waals surface area contributed by atoms with E-state index in [1.54, 1.807) is 49.8 Å². The largest absolute Gasteiger partial charge is 0.496 e. The number of rotatable bonds is 7. The Balaban J connectivity index is 1.23. The van der Waals surface area contributed by atoms with Gasteiger partial charge in [-0.2, -0.15) is 9.50 Å². The van der Waals surface area contributed by atoms with Crippen LogP contribution in [-0.4, -0.2) is 51.6 Å². The normalized spacial score (nSPS) is 11.4. The number of benzene rings is 2. The molecule has 38 heavy (non-hydrogen) atoms. The van der Waals surface area contributed by atoms with Crippen LogP contribution >= 0.6 is 11.3 Å². The lowest BCUT2D eigenvalue weighted by Gasteiger charge is -2.10. The lowest BCUT2D eigenvalue weighted by atomic mass is 10.1. The molecule has 6 aromatic rings. The van der Waals surface area contributed by atoms with E-state index in [1.165, 1.54) is 11.3 Å². The molecule has 11 heteroatoms. The van der Waals surface area contributed by atoms with Crippen LogP contribution in [0.1, 0.15) is 21.9 Å².